The number of aromatic hydroxyl groups is 2. The van der Waals surface area contributed by atoms with Gasteiger partial charge in [0.15, 0.2) is 0 Å². The smallest absolute Gasteiger partial charge is 0.143 e. The maximum Gasteiger partial charge on any atom is 0.143 e. The van der Waals surface area contributed by atoms with E-state index >= 15 is 0 Å². The Morgan fingerprint density at radius 2 is 0.895 bits per heavy atom. The van der Waals surface area contributed by atoms with Crippen LogP contribution in [-0.4, -0.2) is 10.2 Å². The SMILES string of the molecule is Oc1c(Br)cc(Cc2cc(Br)c(O)c(Br)c2)cc1Br. The fraction of sp³-hybridized carbons (Fsp3) is 0.0769. The molecule has 0 bridgehead atoms. The summed E-state index contributed by atoms with van der Waals surface area (Å²) in [6.07, 6.45) is 0.689. The largest absolute Gasteiger partial charge is 0.506 e. The topological polar surface area (TPSA) is 40.5 Å². The molecule has 100 valence electrons. The van der Waals surface area contributed by atoms with E-state index in [0.717, 1.165) is 11.1 Å². The van der Waals surface area contributed by atoms with Crippen LogP contribution in [0, 0.1) is 0 Å². The van der Waals surface area contributed by atoms with E-state index in [1.807, 2.05) is 24.3 Å². The summed E-state index contributed by atoms with van der Waals surface area (Å²) in [7, 11) is 0. The third kappa shape index (κ3) is 3.54. The van der Waals surface area contributed by atoms with E-state index in [1.54, 1.807) is 0 Å². The van der Waals surface area contributed by atoms with Gasteiger partial charge in [-0.05, 0) is 106 Å². The second kappa shape index (κ2) is 6.16. The molecule has 0 amide bonds. The zero-order chi connectivity index (χ0) is 14.2. The first-order valence-electron chi connectivity index (χ1n) is 5.22. The van der Waals surface area contributed by atoms with Crippen LogP contribution in [0.3, 0.4) is 0 Å². The maximum absolute atomic E-state index is 9.68. The molecule has 19 heavy (non-hydrogen) atoms. The lowest BCUT2D eigenvalue weighted by Crippen LogP contribution is -1.90. The van der Waals surface area contributed by atoms with Gasteiger partial charge in [-0.2, -0.15) is 0 Å². The predicted molar refractivity (Wildman–Crippen MR) is 89.8 cm³/mol. The molecule has 0 aliphatic heterocycles. The first-order valence-corrected chi connectivity index (χ1v) is 8.39. The zero-order valence-corrected chi connectivity index (χ0v) is 15.8. The monoisotopic (exact) mass is 512 g/mol. The highest BCUT2D eigenvalue weighted by atomic mass is 79.9. The minimum absolute atomic E-state index is 0.191. The van der Waals surface area contributed by atoms with E-state index in [-0.39, 0.29) is 11.5 Å². The Morgan fingerprint density at radius 3 is 1.16 bits per heavy atom. The average Bonchev–Trinajstić information content (AvgIpc) is 2.33. The summed E-state index contributed by atoms with van der Waals surface area (Å²) in [5.74, 6) is 0.383. The fourth-order valence-corrected chi connectivity index (χ4v) is 4.24. The van der Waals surface area contributed by atoms with E-state index in [1.165, 1.54) is 0 Å². The first-order chi connectivity index (χ1) is 8.88. The van der Waals surface area contributed by atoms with Gasteiger partial charge in [-0.3, -0.25) is 0 Å². The lowest BCUT2D eigenvalue weighted by Gasteiger charge is -2.08. The molecule has 2 N–H and O–H groups in total. The quantitative estimate of drug-likeness (QED) is 0.536. The summed E-state index contributed by atoms with van der Waals surface area (Å²) >= 11 is 13.2. The Kier molecular flexibility index (Phi) is 4.98. The molecule has 0 radical (unpaired) electrons. The molecule has 0 saturated heterocycles. The first kappa shape index (κ1) is 15.4. The van der Waals surface area contributed by atoms with Crippen LogP contribution in [0.2, 0.25) is 0 Å². The highest BCUT2D eigenvalue weighted by Crippen LogP contribution is 2.36. The van der Waals surface area contributed by atoms with Gasteiger partial charge in [0.2, 0.25) is 0 Å². The number of rotatable bonds is 2. The molecule has 0 heterocycles. The molecule has 6 heteroatoms. The summed E-state index contributed by atoms with van der Waals surface area (Å²) in [4.78, 5) is 0. The van der Waals surface area contributed by atoms with Crippen LogP contribution in [0.4, 0.5) is 0 Å². The highest BCUT2D eigenvalue weighted by Gasteiger charge is 2.09. The second-order valence-electron chi connectivity index (χ2n) is 3.99. The number of phenolic OH excluding ortho intramolecular Hbond substituents is 2. The molecule has 2 rings (SSSR count). The van der Waals surface area contributed by atoms with E-state index in [9.17, 15) is 10.2 Å². The van der Waals surface area contributed by atoms with Crippen LogP contribution in [-0.2, 0) is 6.42 Å². The Morgan fingerprint density at radius 1 is 0.632 bits per heavy atom. The van der Waals surface area contributed by atoms with Crippen molar-refractivity contribution < 1.29 is 10.2 Å². The molecule has 0 saturated carbocycles. The van der Waals surface area contributed by atoms with Gasteiger partial charge < -0.3 is 10.2 Å². The van der Waals surface area contributed by atoms with Crippen LogP contribution >= 0.6 is 63.7 Å². The molecular formula is C13H8Br4O2. The summed E-state index contributed by atoms with van der Waals surface area (Å²) in [5, 5.41) is 19.4. The molecule has 0 aromatic heterocycles. The number of hydrogen-bond acceptors (Lipinski definition) is 2. The van der Waals surface area contributed by atoms with Crippen molar-refractivity contribution >= 4 is 63.7 Å². The third-order valence-corrected chi connectivity index (χ3v) is 4.98. The van der Waals surface area contributed by atoms with E-state index in [0.29, 0.717) is 24.3 Å². The molecule has 0 unspecified atom stereocenters. The third-order valence-electron chi connectivity index (χ3n) is 2.56. The molecule has 2 nitrogen and oxygen atoms in total. The molecule has 2 aromatic rings. The predicted octanol–water partition coefficient (Wildman–Crippen LogP) is 5.74. The Bertz CT molecular complexity index is 539. The summed E-state index contributed by atoms with van der Waals surface area (Å²) in [5.41, 5.74) is 2.09. The van der Waals surface area contributed by atoms with Crippen LogP contribution in [0.1, 0.15) is 11.1 Å². The van der Waals surface area contributed by atoms with E-state index < -0.39 is 0 Å². The highest BCUT2D eigenvalue weighted by molar-refractivity contribution is 9.11. The molecule has 0 aliphatic carbocycles. The Hall–Kier alpha value is -0.0400. The van der Waals surface area contributed by atoms with Crippen molar-refractivity contribution in [3.8, 4) is 11.5 Å². The van der Waals surface area contributed by atoms with Crippen molar-refractivity contribution in [2.24, 2.45) is 0 Å². The van der Waals surface area contributed by atoms with Crippen LogP contribution in [0.5, 0.6) is 11.5 Å². The number of hydrogen-bond donors (Lipinski definition) is 2. The van der Waals surface area contributed by atoms with Crippen molar-refractivity contribution in [3.63, 3.8) is 0 Å². The molecule has 0 atom stereocenters. The normalized spacial score (nSPS) is 10.7. The zero-order valence-electron chi connectivity index (χ0n) is 9.42. The Balaban J connectivity index is 2.36. The van der Waals surface area contributed by atoms with Crippen molar-refractivity contribution in [2.45, 2.75) is 6.42 Å². The van der Waals surface area contributed by atoms with Gasteiger partial charge in [-0.1, -0.05) is 0 Å². The van der Waals surface area contributed by atoms with Crippen LogP contribution in [0.25, 0.3) is 0 Å². The fourth-order valence-electron chi connectivity index (χ4n) is 1.68. The number of halogens is 4. The van der Waals surface area contributed by atoms with Gasteiger partial charge in [-0.25, -0.2) is 0 Å². The summed E-state index contributed by atoms with van der Waals surface area (Å²) < 4.78 is 2.59. The molecule has 0 aliphatic rings. The van der Waals surface area contributed by atoms with Crippen molar-refractivity contribution in [3.05, 3.63) is 53.3 Å². The van der Waals surface area contributed by atoms with Crippen LogP contribution < -0.4 is 0 Å². The van der Waals surface area contributed by atoms with Crippen molar-refractivity contribution in [1.82, 2.24) is 0 Å². The van der Waals surface area contributed by atoms with Gasteiger partial charge in [0, 0.05) is 0 Å². The molecule has 0 spiro atoms. The van der Waals surface area contributed by atoms with Crippen LogP contribution in [0.15, 0.2) is 42.2 Å². The van der Waals surface area contributed by atoms with E-state index in [4.69, 9.17) is 0 Å². The van der Waals surface area contributed by atoms with Gasteiger partial charge in [-0.15, -0.1) is 0 Å². The number of phenols is 2. The van der Waals surface area contributed by atoms with E-state index in [2.05, 4.69) is 63.7 Å². The van der Waals surface area contributed by atoms with Gasteiger partial charge in [0.25, 0.3) is 0 Å². The van der Waals surface area contributed by atoms with Gasteiger partial charge in [0.05, 0.1) is 17.9 Å². The lowest BCUT2D eigenvalue weighted by molar-refractivity contribution is 0.468. The minimum atomic E-state index is 0.191. The molecule has 0 fully saturated rings. The number of benzene rings is 2. The maximum atomic E-state index is 9.68. The van der Waals surface area contributed by atoms with Crippen molar-refractivity contribution in [2.75, 3.05) is 0 Å². The van der Waals surface area contributed by atoms with Gasteiger partial charge >= 0.3 is 0 Å². The second-order valence-corrected chi connectivity index (χ2v) is 7.41. The molecule has 2 aromatic carbocycles. The van der Waals surface area contributed by atoms with Crippen molar-refractivity contribution in [1.29, 1.82) is 0 Å². The minimum Gasteiger partial charge on any atom is -0.506 e. The lowest BCUT2D eigenvalue weighted by atomic mass is 10.0. The summed E-state index contributed by atoms with van der Waals surface area (Å²) in [6.45, 7) is 0. The average molecular weight is 516 g/mol. The Labute approximate surface area is 144 Å². The molecular weight excluding hydrogens is 508 g/mol. The summed E-state index contributed by atoms with van der Waals surface area (Å²) in [6, 6.07) is 7.48. The standard InChI is InChI=1S/C13H8Br4O2/c14-8-2-6(3-9(15)12(8)18)1-7-4-10(16)13(19)11(17)5-7/h2-5,18-19H,1H2. The van der Waals surface area contributed by atoms with Gasteiger partial charge in [0.1, 0.15) is 11.5 Å².